The van der Waals surface area contributed by atoms with E-state index in [0.29, 0.717) is 25.6 Å². The van der Waals surface area contributed by atoms with Gasteiger partial charge in [0, 0.05) is 45.1 Å². The van der Waals surface area contributed by atoms with Gasteiger partial charge in [0.15, 0.2) is 5.76 Å². The first-order chi connectivity index (χ1) is 13.0. The van der Waals surface area contributed by atoms with Crippen molar-refractivity contribution in [2.75, 3.05) is 26.8 Å². The summed E-state index contributed by atoms with van der Waals surface area (Å²) < 4.78 is 12.4. The number of nitrogens with zero attached hydrogens (tertiary/aromatic N) is 4. The fourth-order valence-corrected chi connectivity index (χ4v) is 3.46. The maximum absolute atomic E-state index is 12.5. The highest BCUT2D eigenvalue weighted by Gasteiger charge is 2.27. The maximum atomic E-state index is 12.5. The van der Waals surface area contributed by atoms with Crippen LogP contribution in [-0.2, 0) is 17.7 Å². The van der Waals surface area contributed by atoms with Gasteiger partial charge in [-0.05, 0) is 31.7 Å². The lowest BCUT2D eigenvalue weighted by Crippen LogP contribution is -2.39. The molecule has 0 saturated carbocycles. The number of aromatic nitrogens is 2. The van der Waals surface area contributed by atoms with Gasteiger partial charge in [-0.3, -0.25) is 14.9 Å². The Labute approximate surface area is 157 Å². The molecule has 1 saturated heterocycles. The van der Waals surface area contributed by atoms with Gasteiger partial charge in [-0.15, -0.1) is 0 Å². The van der Waals surface area contributed by atoms with E-state index in [-0.39, 0.29) is 11.7 Å². The molecule has 1 fully saturated rings. The third-order valence-corrected chi connectivity index (χ3v) is 5.01. The summed E-state index contributed by atoms with van der Waals surface area (Å²) in [5.41, 5.74) is 1.12. The fourth-order valence-electron chi connectivity index (χ4n) is 3.46. The Hall–Kier alpha value is -2.68. The van der Waals surface area contributed by atoms with Gasteiger partial charge in [0.2, 0.25) is 0 Å². The molecule has 1 amide bonds. The summed E-state index contributed by atoms with van der Waals surface area (Å²) in [5, 5.41) is 10.7. The van der Waals surface area contributed by atoms with E-state index in [1.165, 1.54) is 12.1 Å². The molecule has 9 heteroatoms. The van der Waals surface area contributed by atoms with E-state index in [1.54, 1.807) is 12.0 Å². The second-order valence-corrected chi connectivity index (χ2v) is 6.79. The Balaban J connectivity index is 1.56. The number of imidazole rings is 1. The quantitative estimate of drug-likeness (QED) is 0.543. The molecule has 0 unspecified atom stereocenters. The smallest absolute Gasteiger partial charge is 0.395 e. The van der Waals surface area contributed by atoms with Gasteiger partial charge in [0.05, 0.1) is 12.7 Å². The van der Waals surface area contributed by atoms with Crippen LogP contribution in [0.5, 0.6) is 0 Å². The molecule has 0 N–H and O–H groups in total. The van der Waals surface area contributed by atoms with Gasteiger partial charge in [-0.1, -0.05) is 0 Å². The number of hydrogen-bond donors (Lipinski definition) is 0. The van der Waals surface area contributed by atoms with Crippen LogP contribution in [0.15, 0.2) is 22.7 Å². The second kappa shape index (κ2) is 8.34. The fraction of sp³-hybridized carbons (Fsp3) is 0.556. The number of amides is 1. The first-order valence-corrected chi connectivity index (χ1v) is 9.03. The second-order valence-electron chi connectivity index (χ2n) is 6.79. The van der Waals surface area contributed by atoms with Gasteiger partial charge in [0.1, 0.15) is 10.7 Å². The molecule has 9 nitrogen and oxygen atoms in total. The van der Waals surface area contributed by atoms with Crippen molar-refractivity contribution in [2.24, 2.45) is 5.92 Å². The molecular weight excluding hydrogens is 352 g/mol. The first kappa shape index (κ1) is 19.1. The van der Waals surface area contributed by atoms with Gasteiger partial charge in [0.25, 0.3) is 5.91 Å². The SMILES string of the molecule is COCCn1c(C)cnc1CC1CCN(C(=O)c2ccc([N+](=O)[O-])o2)CC1. The van der Waals surface area contributed by atoms with E-state index in [9.17, 15) is 14.9 Å². The predicted molar refractivity (Wildman–Crippen MR) is 96.5 cm³/mol. The Kier molecular flexibility index (Phi) is 5.90. The summed E-state index contributed by atoms with van der Waals surface area (Å²) in [6, 6.07) is 2.57. The number of methoxy groups -OCH3 is 1. The Morgan fingerprint density at radius 2 is 2.15 bits per heavy atom. The number of likely N-dealkylation sites (tertiary alicyclic amines) is 1. The zero-order valence-corrected chi connectivity index (χ0v) is 15.6. The van der Waals surface area contributed by atoms with Crippen LogP contribution in [-0.4, -0.2) is 52.1 Å². The number of piperidine rings is 1. The molecule has 0 spiro atoms. The summed E-state index contributed by atoms with van der Waals surface area (Å²) >= 11 is 0. The minimum atomic E-state index is -0.642. The number of ether oxygens (including phenoxy) is 1. The van der Waals surface area contributed by atoms with Crippen molar-refractivity contribution in [3.8, 4) is 0 Å². The van der Waals surface area contributed by atoms with E-state index < -0.39 is 10.8 Å². The first-order valence-electron chi connectivity index (χ1n) is 9.03. The van der Waals surface area contributed by atoms with E-state index in [2.05, 4.69) is 9.55 Å². The monoisotopic (exact) mass is 376 g/mol. The summed E-state index contributed by atoms with van der Waals surface area (Å²) in [6.07, 6.45) is 4.48. The standard InChI is InChI=1S/C18H24N4O5/c1-13-12-19-16(21(13)9-10-26-2)11-14-5-7-20(8-6-14)18(23)15-3-4-17(27-15)22(24)25/h3-4,12,14H,5-11H2,1-2H3. The predicted octanol–water partition coefficient (Wildman–Crippen LogP) is 2.43. The molecule has 0 atom stereocenters. The lowest BCUT2D eigenvalue weighted by Gasteiger charge is -2.31. The Morgan fingerprint density at radius 3 is 2.78 bits per heavy atom. The van der Waals surface area contributed by atoms with Gasteiger partial charge < -0.3 is 18.6 Å². The molecule has 0 aromatic carbocycles. The number of carbonyl (C=O) groups is 1. The third kappa shape index (κ3) is 4.36. The molecule has 0 aliphatic carbocycles. The van der Waals surface area contributed by atoms with E-state index >= 15 is 0 Å². The summed E-state index contributed by atoms with van der Waals surface area (Å²) in [7, 11) is 1.69. The van der Waals surface area contributed by atoms with Crippen LogP contribution in [0, 0.1) is 23.0 Å². The van der Waals surface area contributed by atoms with Crippen LogP contribution in [0.4, 0.5) is 5.88 Å². The highest BCUT2D eigenvalue weighted by molar-refractivity contribution is 5.91. The average molecular weight is 376 g/mol. The minimum Gasteiger partial charge on any atom is -0.395 e. The highest BCUT2D eigenvalue weighted by atomic mass is 16.6. The van der Waals surface area contributed by atoms with Crippen LogP contribution < -0.4 is 0 Å². The number of rotatable bonds is 7. The zero-order valence-electron chi connectivity index (χ0n) is 15.6. The van der Waals surface area contributed by atoms with Crippen molar-refractivity contribution >= 4 is 11.8 Å². The molecule has 146 valence electrons. The zero-order chi connectivity index (χ0) is 19.4. The normalized spacial score (nSPS) is 15.3. The number of aryl methyl sites for hydroxylation is 1. The van der Waals surface area contributed by atoms with Crippen LogP contribution in [0.1, 0.15) is 34.9 Å². The molecule has 0 bridgehead atoms. The minimum absolute atomic E-state index is 0.0193. The summed E-state index contributed by atoms with van der Waals surface area (Å²) in [6.45, 7) is 4.68. The molecule has 2 aromatic rings. The summed E-state index contributed by atoms with van der Waals surface area (Å²) in [4.78, 5) is 28.7. The van der Waals surface area contributed by atoms with E-state index in [4.69, 9.17) is 9.15 Å². The Bertz CT molecular complexity index is 805. The molecule has 3 rings (SSSR count). The molecule has 3 heterocycles. The van der Waals surface area contributed by atoms with Crippen LogP contribution in [0.2, 0.25) is 0 Å². The lowest BCUT2D eigenvalue weighted by molar-refractivity contribution is -0.402. The molecule has 1 aliphatic heterocycles. The van der Waals surface area contributed by atoms with Gasteiger partial charge >= 0.3 is 5.88 Å². The number of furan rings is 1. The van der Waals surface area contributed by atoms with Crippen molar-refractivity contribution in [3.05, 3.63) is 45.7 Å². The van der Waals surface area contributed by atoms with Crippen LogP contribution in [0.25, 0.3) is 0 Å². The van der Waals surface area contributed by atoms with E-state index in [1.807, 2.05) is 13.1 Å². The van der Waals surface area contributed by atoms with Crippen molar-refractivity contribution in [3.63, 3.8) is 0 Å². The Morgan fingerprint density at radius 1 is 1.41 bits per heavy atom. The van der Waals surface area contributed by atoms with Crippen molar-refractivity contribution in [2.45, 2.75) is 32.7 Å². The van der Waals surface area contributed by atoms with Crippen LogP contribution in [0.3, 0.4) is 0 Å². The lowest BCUT2D eigenvalue weighted by atomic mass is 9.93. The van der Waals surface area contributed by atoms with E-state index in [0.717, 1.165) is 37.3 Å². The average Bonchev–Trinajstić information content (AvgIpc) is 3.28. The summed E-state index contributed by atoms with van der Waals surface area (Å²) in [5.74, 6) is 0.815. The number of hydrogen-bond acceptors (Lipinski definition) is 6. The van der Waals surface area contributed by atoms with Crippen LogP contribution >= 0.6 is 0 Å². The number of nitro groups is 1. The number of carbonyl (C=O) groups excluding carboxylic acids is 1. The highest BCUT2D eigenvalue weighted by Crippen LogP contribution is 2.24. The van der Waals surface area contributed by atoms with Crippen molar-refractivity contribution in [1.82, 2.24) is 14.5 Å². The topological polar surface area (TPSA) is 104 Å². The maximum Gasteiger partial charge on any atom is 0.433 e. The molecule has 0 radical (unpaired) electrons. The van der Waals surface area contributed by atoms with Gasteiger partial charge in [-0.2, -0.15) is 0 Å². The largest absolute Gasteiger partial charge is 0.433 e. The molecule has 2 aromatic heterocycles. The van der Waals surface area contributed by atoms with Gasteiger partial charge in [-0.25, -0.2) is 4.98 Å². The van der Waals surface area contributed by atoms with Crippen molar-refractivity contribution in [1.29, 1.82) is 0 Å². The third-order valence-electron chi connectivity index (χ3n) is 5.01. The van der Waals surface area contributed by atoms with Crippen molar-refractivity contribution < 1.29 is 18.9 Å². The molecule has 27 heavy (non-hydrogen) atoms. The molecule has 1 aliphatic rings. The molecular formula is C18H24N4O5.